The molecule has 0 spiro atoms. The quantitative estimate of drug-likeness (QED) is 0.444. The first-order chi connectivity index (χ1) is 11.3. The molecule has 1 aromatic carbocycles. The maximum atomic E-state index is 12.1. The van der Waals surface area contributed by atoms with E-state index in [1.165, 1.54) is 30.5 Å². The Morgan fingerprint density at radius 2 is 2.04 bits per heavy atom. The summed E-state index contributed by atoms with van der Waals surface area (Å²) in [6.07, 6.45) is 2.35. The third-order valence-corrected chi connectivity index (χ3v) is 4.23. The van der Waals surface area contributed by atoms with Gasteiger partial charge in [0.1, 0.15) is 17.5 Å². The highest BCUT2D eigenvalue weighted by atomic mass is 32.2. The van der Waals surface area contributed by atoms with Crippen molar-refractivity contribution in [1.82, 2.24) is 9.97 Å². The van der Waals surface area contributed by atoms with Crippen LogP contribution in [-0.2, 0) is 10.0 Å². The van der Waals surface area contributed by atoms with Crippen molar-refractivity contribution in [3.8, 4) is 6.07 Å². The minimum Gasteiger partial charge on any atom is -0.382 e. The largest absolute Gasteiger partial charge is 0.382 e. The molecule has 0 atom stereocenters. The number of nitriles is 1. The monoisotopic (exact) mass is 363 g/mol. The van der Waals surface area contributed by atoms with Crippen LogP contribution in [0.15, 0.2) is 35.6 Å². The van der Waals surface area contributed by atoms with Crippen molar-refractivity contribution >= 4 is 39.1 Å². The Morgan fingerprint density at radius 3 is 2.58 bits per heavy atom. The first-order valence-corrected chi connectivity index (χ1v) is 9.42. The first-order valence-electron chi connectivity index (χ1n) is 6.55. The molecule has 0 saturated carbocycles. The molecule has 0 bridgehead atoms. The van der Waals surface area contributed by atoms with Crippen LogP contribution in [0.1, 0.15) is 15.9 Å². The standard InChI is InChI=1S/C14H13N5O3S2/c1-24(21,22)19-11-4-2-9(3-5-11)12(20)8-23-14-17-7-10(6-15)13(16)18-14/h2-5,7,19H,8H2,1H3,(H2,16,17,18). The van der Waals surface area contributed by atoms with Gasteiger partial charge in [0.05, 0.1) is 18.2 Å². The lowest BCUT2D eigenvalue weighted by Crippen LogP contribution is -2.10. The molecule has 0 aliphatic heterocycles. The van der Waals surface area contributed by atoms with Crippen LogP contribution in [0.3, 0.4) is 0 Å². The summed E-state index contributed by atoms with van der Waals surface area (Å²) >= 11 is 1.10. The third kappa shape index (κ3) is 4.94. The van der Waals surface area contributed by atoms with Gasteiger partial charge < -0.3 is 5.73 Å². The predicted octanol–water partition coefficient (Wildman–Crippen LogP) is 1.28. The summed E-state index contributed by atoms with van der Waals surface area (Å²) in [7, 11) is -3.36. The number of Topliss-reactive ketones (excluding diaryl/α,β-unsaturated/α-hetero) is 1. The zero-order valence-electron chi connectivity index (χ0n) is 12.6. The number of carbonyl (C=O) groups excluding carboxylic acids is 1. The highest BCUT2D eigenvalue weighted by Crippen LogP contribution is 2.18. The lowest BCUT2D eigenvalue weighted by molar-refractivity contribution is 0.102. The summed E-state index contributed by atoms with van der Waals surface area (Å²) in [4.78, 5) is 20.0. The average molecular weight is 363 g/mol. The number of benzene rings is 1. The molecule has 2 rings (SSSR count). The Morgan fingerprint density at radius 1 is 1.38 bits per heavy atom. The fourth-order valence-corrected chi connectivity index (χ4v) is 2.97. The summed E-state index contributed by atoms with van der Waals surface area (Å²) in [5, 5.41) is 9.06. The molecule has 124 valence electrons. The first kappa shape index (κ1) is 17.7. The van der Waals surface area contributed by atoms with Gasteiger partial charge in [0.15, 0.2) is 10.9 Å². The Labute approximate surface area is 143 Å². The molecule has 0 fully saturated rings. The Kier molecular flexibility index (Phi) is 5.38. The molecule has 0 aliphatic carbocycles. The van der Waals surface area contributed by atoms with E-state index in [1.807, 2.05) is 6.07 Å². The molecule has 0 radical (unpaired) electrons. The topological polar surface area (TPSA) is 139 Å². The highest BCUT2D eigenvalue weighted by Gasteiger charge is 2.10. The van der Waals surface area contributed by atoms with Gasteiger partial charge in [-0.25, -0.2) is 18.4 Å². The van der Waals surface area contributed by atoms with Crippen LogP contribution in [-0.4, -0.2) is 36.2 Å². The van der Waals surface area contributed by atoms with Gasteiger partial charge in [0, 0.05) is 11.3 Å². The smallest absolute Gasteiger partial charge is 0.229 e. The van der Waals surface area contributed by atoms with Crippen molar-refractivity contribution in [2.45, 2.75) is 5.16 Å². The molecule has 10 heteroatoms. The van der Waals surface area contributed by atoms with Gasteiger partial charge in [-0.05, 0) is 24.3 Å². The van der Waals surface area contributed by atoms with Gasteiger partial charge in [0.25, 0.3) is 0 Å². The van der Waals surface area contributed by atoms with Crippen molar-refractivity contribution in [2.24, 2.45) is 0 Å². The molecule has 2 aromatic rings. The van der Waals surface area contributed by atoms with Crippen LogP contribution >= 0.6 is 11.8 Å². The number of rotatable bonds is 6. The summed E-state index contributed by atoms with van der Waals surface area (Å²) < 4.78 is 24.6. The second-order valence-corrected chi connectivity index (χ2v) is 7.42. The van der Waals surface area contributed by atoms with Crippen LogP contribution in [0.2, 0.25) is 0 Å². The molecule has 3 N–H and O–H groups in total. The number of anilines is 2. The zero-order chi connectivity index (χ0) is 17.7. The number of hydrogen-bond acceptors (Lipinski definition) is 8. The zero-order valence-corrected chi connectivity index (χ0v) is 14.2. The fraction of sp³-hybridized carbons (Fsp3) is 0.143. The van der Waals surface area contributed by atoms with E-state index in [-0.39, 0.29) is 22.9 Å². The Hall–Kier alpha value is -2.64. The average Bonchev–Trinajstić information content (AvgIpc) is 2.52. The van der Waals surface area contributed by atoms with Crippen LogP contribution in [0.25, 0.3) is 0 Å². The van der Waals surface area contributed by atoms with Crippen molar-refractivity contribution in [3.63, 3.8) is 0 Å². The lowest BCUT2D eigenvalue weighted by atomic mass is 10.1. The van der Waals surface area contributed by atoms with Crippen molar-refractivity contribution in [2.75, 3.05) is 22.5 Å². The number of thioether (sulfide) groups is 1. The number of carbonyl (C=O) groups is 1. The van der Waals surface area contributed by atoms with Crippen molar-refractivity contribution < 1.29 is 13.2 Å². The van der Waals surface area contributed by atoms with E-state index < -0.39 is 10.0 Å². The number of nitrogens with one attached hydrogen (secondary N) is 1. The second-order valence-electron chi connectivity index (χ2n) is 4.73. The summed E-state index contributed by atoms with van der Waals surface area (Å²) in [5.74, 6) is -0.0134. The van der Waals surface area contributed by atoms with E-state index >= 15 is 0 Å². The van der Waals surface area contributed by atoms with Gasteiger partial charge in [0.2, 0.25) is 10.0 Å². The van der Waals surface area contributed by atoms with Crippen LogP contribution < -0.4 is 10.5 Å². The number of aromatic nitrogens is 2. The molecular formula is C14H13N5O3S2. The number of hydrogen-bond donors (Lipinski definition) is 2. The minimum atomic E-state index is -3.36. The summed E-state index contributed by atoms with van der Waals surface area (Å²) in [5.41, 5.74) is 6.58. The molecule has 0 aliphatic rings. The molecule has 0 amide bonds. The van der Waals surface area contributed by atoms with E-state index in [4.69, 9.17) is 11.0 Å². The number of nitrogen functional groups attached to an aromatic ring is 1. The van der Waals surface area contributed by atoms with Gasteiger partial charge in [-0.15, -0.1) is 0 Å². The van der Waals surface area contributed by atoms with Crippen molar-refractivity contribution in [1.29, 1.82) is 5.26 Å². The van der Waals surface area contributed by atoms with Crippen LogP contribution in [0.4, 0.5) is 11.5 Å². The molecule has 8 nitrogen and oxygen atoms in total. The SMILES string of the molecule is CS(=O)(=O)Nc1ccc(C(=O)CSc2ncc(C#N)c(N)n2)cc1. The molecule has 24 heavy (non-hydrogen) atoms. The number of nitrogens with zero attached hydrogens (tertiary/aromatic N) is 3. The van der Waals surface area contributed by atoms with Gasteiger partial charge in [-0.3, -0.25) is 9.52 Å². The van der Waals surface area contributed by atoms with Gasteiger partial charge in [-0.1, -0.05) is 11.8 Å². The molecule has 1 aromatic heterocycles. The van der Waals surface area contributed by atoms with Gasteiger partial charge >= 0.3 is 0 Å². The molecule has 0 saturated heterocycles. The van der Waals surface area contributed by atoms with E-state index in [2.05, 4.69) is 14.7 Å². The molecule has 0 unspecified atom stereocenters. The molecule has 1 heterocycles. The number of ketones is 1. The predicted molar refractivity (Wildman–Crippen MR) is 91.1 cm³/mol. The number of nitrogens with two attached hydrogens (primary N) is 1. The summed E-state index contributed by atoms with van der Waals surface area (Å²) in [6, 6.07) is 7.94. The van der Waals surface area contributed by atoms with E-state index in [9.17, 15) is 13.2 Å². The lowest BCUT2D eigenvalue weighted by Gasteiger charge is -2.05. The van der Waals surface area contributed by atoms with Crippen molar-refractivity contribution in [3.05, 3.63) is 41.6 Å². The van der Waals surface area contributed by atoms with Crippen LogP contribution in [0.5, 0.6) is 0 Å². The fourth-order valence-electron chi connectivity index (χ4n) is 1.69. The summed E-state index contributed by atoms with van der Waals surface area (Å²) in [6.45, 7) is 0. The molecular weight excluding hydrogens is 350 g/mol. The second kappa shape index (κ2) is 7.29. The van der Waals surface area contributed by atoms with E-state index in [1.54, 1.807) is 0 Å². The Balaban J connectivity index is 2.00. The van der Waals surface area contributed by atoms with Crippen LogP contribution in [0, 0.1) is 11.3 Å². The maximum Gasteiger partial charge on any atom is 0.229 e. The third-order valence-electron chi connectivity index (χ3n) is 2.76. The van der Waals surface area contributed by atoms with E-state index in [0.29, 0.717) is 16.4 Å². The van der Waals surface area contributed by atoms with Gasteiger partial charge in [-0.2, -0.15) is 5.26 Å². The number of sulfonamides is 1. The maximum absolute atomic E-state index is 12.1. The normalized spacial score (nSPS) is 10.8. The minimum absolute atomic E-state index is 0.0682. The Bertz CT molecular complexity index is 905. The van der Waals surface area contributed by atoms with E-state index in [0.717, 1.165) is 18.0 Å². The highest BCUT2D eigenvalue weighted by molar-refractivity contribution is 7.99.